The highest BCUT2D eigenvalue weighted by Gasteiger charge is 2.18. The number of carbonyl (C=O) groups is 1. The van der Waals surface area contributed by atoms with Crippen LogP contribution >= 0.6 is 34.4 Å². The first-order chi connectivity index (χ1) is 9.79. The summed E-state index contributed by atoms with van der Waals surface area (Å²) in [6.07, 6.45) is 5.44. The maximum atomic E-state index is 12.4. The molecule has 1 aliphatic rings. The number of fused-ring (bicyclic) bond motifs is 2. The second-order valence-corrected chi connectivity index (χ2v) is 7.90. The van der Waals surface area contributed by atoms with Crippen molar-refractivity contribution in [1.82, 2.24) is 9.38 Å². The van der Waals surface area contributed by atoms with Crippen LogP contribution in [0, 0.1) is 0 Å². The Balaban J connectivity index is 1.57. The molecule has 6 heteroatoms. The maximum Gasteiger partial charge on any atom is 0.193 e. The molecule has 0 spiro atoms. The topological polar surface area (TPSA) is 34.4 Å². The average Bonchev–Trinajstić information content (AvgIpc) is 3.10. The van der Waals surface area contributed by atoms with E-state index in [-0.39, 0.29) is 5.78 Å². The van der Waals surface area contributed by atoms with E-state index in [4.69, 9.17) is 0 Å². The van der Waals surface area contributed by atoms with Crippen molar-refractivity contribution in [1.29, 1.82) is 0 Å². The number of aromatic nitrogens is 2. The Morgan fingerprint density at radius 3 is 3.25 bits per heavy atom. The number of carbonyl (C=O) groups excluding carboxylic acids is 1. The van der Waals surface area contributed by atoms with E-state index in [1.807, 2.05) is 33.9 Å². The van der Waals surface area contributed by atoms with E-state index in [1.54, 1.807) is 22.7 Å². The number of aryl methyl sites for hydroxylation is 1. The summed E-state index contributed by atoms with van der Waals surface area (Å²) in [5.41, 5.74) is 2.23. The van der Waals surface area contributed by atoms with Gasteiger partial charge < -0.3 is 0 Å². The van der Waals surface area contributed by atoms with Crippen LogP contribution in [0.3, 0.4) is 0 Å². The smallest absolute Gasteiger partial charge is 0.193 e. The molecule has 3 aromatic rings. The quantitative estimate of drug-likeness (QED) is 0.691. The molecule has 1 aliphatic heterocycles. The summed E-state index contributed by atoms with van der Waals surface area (Å²) in [5, 5.41) is 2.00. The fraction of sp³-hybridized carbons (Fsp3) is 0.286. The Kier molecular flexibility index (Phi) is 3.17. The van der Waals surface area contributed by atoms with Gasteiger partial charge in [-0.05, 0) is 23.8 Å². The van der Waals surface area contributed by atoms with Gasteiger partial charge in [0.05, 0.1) is 17.0 Å². The van der Waals surface area contributed by atoms with Crippen LogP contribution < -0.4 is 0 Å². The van der Waals surface area contributed by atoms with Crippen molar-refractivity contribution in [2.24, 2.45) is 0 Å². The van der Waals surface area contributed by atoms with E-state index in [1.165, 1.54) is 16.2 Å². The van der Waals surface area contributed by atoms with Crippen LogP contribution in [0.5, 0.6) is 0 Å². The molecule has 0 aliphatic carbocycles. The predicted molar refractivity (Wildman–Crippen MR) is 85.3 cm³/mol. The molecule has 3 aromatic heterocycles. The van der Waals surface area contributed by atoms with Gasteiger partial charge in [-0.2, -0.15) is 11.8 Å². The number of hydrogen-bond donors (Lipinski definition) is 0. The van der Waals surface area contributed by atoms with Gasteiger partial charge in [0.25, 0.3) is 0 Å². The van der Waals surface area contributed by atoms with Crippen molar-refractivity contribution < 1.29 is 4.79 Å². The van der Waals surface area contributed by atoms with Gasteiger partial charge in [-0.3, -0.25) is 9.20 Å². The van der Waals surface area contributed by atoms with Crippen molar-refractivity contribution in [3.8, 4) is 0 Å². The SMILES string of the molecule is O=C(Cc1cn2ccsc2n1)c1cc2c(s1)CCSC2. The Labute approximate surface area is 128 Å². The van der Waals surface area contributed by atoms with E-state index in [2.05, 4.69) is 11.1 Å². The number of ketones is 1. The van der Waals surface area contributed by atoms with Crippen molar-refractivity contribution in [2.45, 2.75) is 18.6 Å². The zero-order valence-electron chi connectivity index (χ0n) is 10.7. The van der Waals surface area contributed by atoms with Gasteiger partial charge in [-0.1, -0.05) is 0 Å². The van der Waals surface area contributed by atoms with Crippen LogP contribution in [-0.2, 0) is 18.6 Å². The van der Waals surface area contributed by atoms with Crippen LogP contribution in [0.4, 0.5) is 0 Å². The molecule has 0 unspecified atom stereocenters. The van der Waals surface area contributed by atoms with E-state index in [9.17, 15) is 4.79 Å². The number of thiophene rings is 1. The Hall–Kier alpha value is -1.11. The largest absolute Gasteiger partial charge is 0.297 e. The van der Waals surface area contributed by atoms with E-state index >= 15 is 0 Å². The van der Waals surface area contributed by atoms with Crippen LogP contribution in [0.25, 0.3) is 4.96 Å². The third-order valence-electron chi connectivity index (χ3n) is 3.39. The number of Topliss-reactive ketones (excluding diaryl/α,β-unsaturated/α-hetero) is 1. The summed E-state index contributed by atoms with van der Waals surface area (Å²) in [4.78, 5) is 20.1. The van der Waals surface area contributed by atoms with Gasteiger partial charge in [0.15, 0.2) is 10.7 Å². The minimum Gasteiger partial charge on any atom is -0.297 e. The Bertz CT molecular complexity index is 731. The number of thiazole rings is 1. The monoisotopic (exact) mass is 320 g/mol. The number of hydrogen-bond acceptors (Lipinski definition) is 5. The van der Waals surface area contributed by atoms with Crippen LogP contribution in [0.1, 0.15) is 25.8 Å². The lowest BCUT2D eigenvalue weighted by atomic mass is 10.1. The standard InChI is InChI=1S/C14H12N2OS3/c17-11(6-10-7-16-2-4-19-14(16)15-10)13-5-9-8-18-3-1-12(9)20-13/h2,4-5,7H,1,3,6,8H2. The molecule has 0 aromatic carbocycles. The van der Waals surface area contributed by atoms with Crippen LogP contribution in [-0.4, -0.2) is 20.9 Å². The summed E-state index contributed by atoms with van der Waals surface area (Å²) in [6, 6.07) is 2.09. The van der Waals surface area contributed by atoms with Crippen LogP contribution in [0.15, 0.2) is 23.8 Å². The van der Waals surface area contributed by atoms with Gasteiger partial charge in [0.2, 0.25) is 0 Å². The van der Waals surface area contributed by atoms with Crippen molar-refractivity contribution in [2.75, 3.05) is 5.75 Å². The highest BCUT2D eigenvalue weighted by atomic mass is 32.2. The lowest BCUT2D eigenvalue weighted by Crippen LogP contribution is -2.01. The van der Waals surface area contributed by atoms with Gasteiger partial charge >= 0.3 is 0 Å². The molecule has 102 valence electrons. The summed E-state index contributed by atoms with van der Waals surface area (Å²) < 4.78 is 1.98. The first kappa shape index (κ1) is 12.6. The minimum atomic E-state index is 0.195. The van der Waals surface area contributed by atoms with Crippen molar-refractivity contribution >= 4 is 45.2 Å². The molecule has 0 atom stereocenters. The van der Waals surface area contributed by atoms with E-state index in [0.29, 0.717) is 6.42 Å². The molecule has 0 saturated carbocycles. The summed E-state index contributed by atoms with van der Waals surface area (Å²) in [7, 11) is 0. The molecule has 4 heterocycles. The van der Waals surface area contributed by atoms with Gasteiger partial charge in [-0.25, -0.2) is 4.98 Å². The van der Waals surface area contributed by atoms with Crippen molar-refractivity contribution in [3.05, 3.63) is 44.9 Å². The lowest BCUT2D eigenvalue weighted by molar-refractivity contribution is 0.0996. The molecular formula is C14H12N2OS3. The molecule has 0 fully saturated rings. The fourth-order valence-corrected chi connectivity index (χ4v) is 5.43. The first-order valence-corrected chi connectivity index (χ1v) is 9.28. The second kappa shape index (κ2) is 5.02. The van der Waals surface area contributed by atoms with Crippen molar-refractivity contribution in [3.63, 3.8) is 0 Å². The average molecular weight is 320 g/mol. The molecule has 0 N–H and O–H groups in total. The highest BCUT2D eigenvalue weighted by Crippen LogP contribution is 2.32. The highest BCUT2D eigenvalue weighted by molar-refractivity contribution is 7.98. The zero-order chi connectivity index (χ0) is 13.5. The minimum absolute atomic E-state index is 0.195. The Morgan fingerprint density at radius 1 is 1.45 bits per heavy atom. The first-order valence-electron chi connectivity index (χ1n) is 6.43. The van der Waals surface area contributed by atoms with E-state index < -0.39 is 0 Å². The zero-order valence-corrected chi connectivity index (χ0v) is 13.1. The van der Waals surface area contributed by atoms with Crippen LogP contribution in [0.2, 0.25) is 0 Å². The second-order valence-electron chi connectivity index (χ2n) is 4.79. The Morgan fingerprint density at radius 2 is 2.40 bits per heavy atom. The number of thioether (sulfide) groups is 1. The predicted octanol–water partition coefficient (Wildman–Crippen LogP) is 3.67. The molecule has 0 saturated heterocycles. The normalized spacial score (nSPS) is 14.6. The number of imidazole rings is 1. The molecule has 3 nitrogen and oxygen atoms in total. The molecule has 4 rings (SSSR count). The molecular weight excluding hydrogens is 308 g/mol. The molecule has 0 radical (unpaired) electrons. The van der Waals surface area contributed by atoms with Gasteiger partial charge in [0, 0.05) is 28.4 Å². The van der Waals surface area contributed by atoms with Gasteiger partial charge in [0.1, 0.15) is 0 Å². The molecule has 0 amide bonds. The van der Waals surface area contributed by atoms with E-state index in [0.717, 1.165) is 27.7 Å². The third-order valence-corrected chi connectivity index (χ3v) is 6.44. The summed E-state index contributed by atoms with van der Waals surface area (Å²) in [5.74, 6) is 2.43. The summed E-state index contributed by atoms with van der Waals surface area (Å²) >= 11 is 5.22. The maximum absolute atomic E-state index is 12.4. The third kappa shape index (κ3) is 2.21. The molecule has 20 heavy (non-hydrogen) atoms. The number of rotatable bonds is 3. The lowest BCUT2D eigenvalue weighted by Gasteiger charge is -2.08. The fourth-order valence-electron chi connectivity index (χ4n) is 2.40. The summed E-state index contributed by atoms with van der Waals surface area (Å²) in [6.45, 7) is 0. The van der Waals surface area contributed by atoms with Gasteiger partial charge in [-0.15, -0.1) is 22.7 Å². The molecule has 0 bridgehead atoms. The number of nitrogens with zero attached hydrogens (tertiary/aromatic N) is 2.